The summed E-state index contributed by atoms with van der Waals surface area (Å²) in [7, 11) is 0. The number of benzene rings is 1. The minimum absolute atomic E-state index is 0.249. The number of fused-ring (bicyclic) bond motifs is 1. The first kappa shape index (κ1) is 10.6. The first-order valence-electron chi connectivity index (χ1n) is 5.24. The van der Waals surface area contributed by atoms with Gasteiger partial charge >= 0.3 is 5.97 Å². The third-order valence-corrected chi connectivity index (χ3v) is 2.32. The van der Waals surface area contributed by atoms with E-state index < -0.39 is 0 Å². The maximum Gasteiger partial charge on any atom is 0.302 e. The van der Waals surface area contributed by atoms with Crippen LogP contribution in [0.3, 0.4) is 0 Å². The standard InChI is InChI=1S/C13H13NO2/c1-10(15)16-9-8-12-7-6-11-4-2-3-5-13(11)14-12/h2-7H,8-9H2,1H3. The van der Waals surface area contributed by atoms with Gasteiger partial charge < -0.3 is 4.74 Å². The summed E-state index contributed by atoms with van der Waals surface area (Å²) in [5.74, 6) is -0.249. The predicted octanol–water partition coefficient (Wildman–Crippen LogP) is 2.34. The molecule has 1 heterocycles. The molecule has 0 unspecified atom stereocenters. The van der Waals surface area contributed by atoms with Gasteiger partial charge in [0.05, 0.1) is 12.1 Å². The highest BCUT2D eigenvalue weighted by Crippen LogP contribution is 2.11. The minimum atomic E-state index is -0.249. The number of hydrogen-bond acceptors (Lipinski definition) is 3. The maximum absolute atomic E-state index is 10.6. The molecule has 2 aromatic rings. The van der Waals surface area contributed by atoms with Gasteiger partial charge in [-0.3, -0.25) is 9.78 Å². The van der Waals surface area contributed by atoms with E-state index >= 15 is 0 Å². The van der Waals surface area contributed by atoms with Crippen LogP contribution in [0.5, 0.6) is 0 Å². The van der Waals surface area contributed by atoms with Gasteiger partial charge in [0, 0.05) is 24.4 Å². The van der Waals surface area contributed by atoms with Gasteiger partial charge in [-0.1, -0.05) is 24.3 Å². The van der Waals surface area contributed by atoms with Gasteiger partial charge in [0.15, 0.2) is 0 Å². The molecule has 0 fully saturated rings. The van der Waals surface area contributed by atoms with Crippen molar-refractivity contribution in [3.05, 3.63) is 42.1 Å². The lowest BCUT2D eigenvalue weighted by atomic mass is 10.2. The lowest BCUT2D eigenvalue weighted by Gasteiger charge is -2.03. The van der Waals surface area contributed by atoms with Crippen LogP contribution in [0.1, 0.15) is 12.6 Å². The molecule has 0 atom stereocenters. The summed E-state index contributed by atoms with van der Waals surface area (Å²) in [6.45, 7) is 1.80. The van der Waals surface area contributed by atoms with Crippen LogP contribution in [-0.2, 0) is 16.0 Å². The van der Waals surface area contributed by atoms with E-state index in [4.69, 9.17) is 4.74 Å². The highest BCUT2D eigenvalue weighted by molar-refractivity contribution is 5.78. The number of ether oxygens (including phenoxy) is 1. The average molecular weight is 215 g/mol. The second kappa shape index (κ2) is 4.75. The van der Waals surface area contributed by atoms with E-state index in [-0.39, 0.29) is 5.97 Å². The van der Waals surface area contributed by atoms with Crippen LogP contribution >= 0.6 is 0 Å². The van der Waals surface area contributed by atoms with Crippen molar-refractivity contribution < 1.29 is 9.53 Å². The second-order valence-electron chi connectivity index (χ2n) is 3.59. The summed E-state index contributed by atoms with van der Waals surface area (Å²) in [6, 6.07) is 12.0. The summed E-state index contributed by atoms with van der Waals surface area (Å²) < 4.78 is 4.88. The summed E-state index contributed by atoms with van der Waals surface area (Å²) >= 11 is 0. The molecule has 0 N–H and O–H groups in total. The van der Waals surface area contributed by atoms with Gasteiger partial charge in [-0.2, -0.15) is 0 Å². The van der Waals surface area contributed by atoms with Gasteiger partial charge in [0.25, 0.3) is 0 Å². The van der Waals surface area contributed by atoms with E-state index in [1.54, 1.807) is 0 Å². The molecule has 0 radical (unpaired) electrons. The molecule has 2 rings (SSSR count). The van der Waals surface area contributed by atoms with Crippen LogP contribution in [0.4, 0.5) is 0 Å². The van der Waals surface area contributed by atoms with Crippen molar-refractivity contribution in [2.75, 3.05) is 6.61 Å². The molecular formula is C13H13NO2. The normalized spacial score (nSPS) is 10.3. The minimum Gasteiger partial charge on any atom is -0.465 e. The molecule has 82 valence electrons. The van der Waals surface area contributed by atoms with Gasteiger partial charge in [-0.25, -0.2) is 0 Å². The van der Waals surface area contributed by atoms with E-state index in [9.17, 15) is 4.79 Å². The number of carbonyl (C=O) groups excluding carboxylic acids is 1. The summed E-state index contributed by atoms with van der Waals surface area (Å²) in [5.41, 5.74) is 1.92. The first-order chi connectivity index (χ1) is 7.75. The number of esters is 1. The number of aromatic nitrogens is 1. The van der Waals surface area contributed by atoms with E-state index in [2.05, 4.69) is 4.98 Å². The second-order valence-corrected chi connectivity index (χ2v) is 3.59. The van der Waals surface area contributed by atoms with E-state index in [0.29, 0.717) is 13.0 Å². The van der Waals surface area contributed by atoms with Crippen molar-refractivity contribution in [3.8, 4) is 0 Å². The molecule has 0 aliphatic rings. The van der Waals surface area contributed by atoms with Crippen LogP contribution < -0.4 is 0 Å². The van der Waals surface area contributed by atoms with Crippen LogP contribution in [-0.4, -0.2) is 17.6 Å². The fourth-order valence-corrected chi connectivity index (χ4v) is 1.55. The third-order valence-electron chi connectivity index (χ3n) is 2.32. The van der Waals surface area contributed by atoms with Crippen molar-refractivity contribution in [3.63, 3.8) is 0 Å². The van der Waals surface area contributed by atoms with Gasteiger partial charge in [-0.05, 0) is 12.1 Å². The van der Waals surface area contributed by atoms with Crippen molar-refractivity contribution >= 4 is 16.9 Å². The number of hydrogen-bond donors (Lipinski definition) is 0. The first-order valence-corrected chi connectivity index (χ1v) is 5.24. The van der Waals surface area contributed by atoms with E-state index in [1.807, 2.05) is 36.4 Å². The Hall–Kier alpha value is -1.90. The lowest BCUT2D eigenvalue weighted by Crippen LogP contribution is -2.04. The molecule has 3 heteroatoms. The summed E-state index contributed by atoms with van der Waals surface area (Å²) in [6.07, 6.45) is 0.657. The fraction of sp³-hybridized carbons (Fsp3) is 0.231. The molecule has 1 aromatic carbocycles. The Morgan fingerprint density at radius 1 is 1.25 bits per heavy atom. The Morgan fingerprint density at radius 2 is 2.06 bits per heavy atom. The number of pyridine rings is 1. The van der Waals surface area contributed by atoms with Crippen LogP contribution in [0.15, 0.2) is 36.4 Å². The number of rotatable bonds is 3. The molecule has 0 bridgehead atoms. The Bertz CT molecular complexity index is 508. The molecule has 3 nitrogen and oxygen atoms in total. The molecule has 0 saturated heterocycles. The van der Waals surface area contributed by atoms with E-state index in [0.717, 1.165) is 16.6 Å². The lowest BCUT2D eigenvalue weighted by molar-refractivity contribution is -0.140. The molecule has 16 heavy (non-hydrogen) atoms. The zero-order valence-corrected chi connectivity index (χ0v) is 9.14. The summed E-state index contributed by atoms with van der Waals surface area (Å²) in [5, 5.41) is 1.12. The van der Waals surface area contributed by atoms with E-state index in [1.165, 1.54) is 6.92 Å². The number of nitrogens with zero attached hydrogens (tertiary/aromatic N) is 1. The van der Waals surface area contributed by atoms with Gasteiger partial charge in [0.2, 0.25) is 0 Å². The monoisotopic (exact) mass is 215 g/mol. The largest absolute Gasteiger partial charge is 0.465 e. The average Bonchev–Trinajstić information content (AvgIpc) is 2.28. The smallest absolute Gasteiger partial charge is 0.302 e. The van der Waals surface area contributed by atoms with Crippen LogP contribution in [0.2, 0.25) is 0 Å². The third kappa shape index (κ3) is 2.57. The SMILES string of the molecule is CC(=O)OCCc1ccc2ccccc2n1. The molecular weight excluding hydrogens is 202 g/mol. The zero-order valence-electron chi connectivity index (χ0n) is 9.14. The van der Waals surface area contributed by atoms with Crippen LogP contribution in [0.25, 0.3) is 10.9 Å². The van der Waals surface area contributed by atoms with Gasteiger partial charge in [0.1, 0.15) is 0 Å². The predicted molar refractivity (Wildman–Crippen MR) is 62.1 cm³/mol. The topological polar surface area (TPSA) is 39.2 Å². The maximum atomic E-state index is 10.6. The highest BCUT2D eigenvalue weighted by atomic mass is 16.5. The van der Waals surface area contributed by atoms with Crippen molar-refractivity contribution in [2.45, 2.75) is 13.3 Å². The fourth-order valence-electron chi connectivity index (χ4n) is 1.55. The molecule has 0 aliphatic heterocycles. The molecule has 0 aliphatic carbocycles. The quantitative estimate of drug-likeness (QED) is 0.738. The Balaban J connectivity index is 2.10. The van der Waals surface area contributed by atoms with Gasteiger partial charge in [-0.15, -0.1) is 0 Å². The summed E-state index contributed by atoms with van der Waals surface area (Å²) in [4.78, 5) is 15.1. The molecule has 0 amide bonds. The van der Waals surface area contributed by atoms with Crippen molar-refractivity contribution in [1.29, 1.82) is 0 Å². The zero-order chi connectivity index (χ0) is 11.4. The van der Waals surface area contributed by atoms with Crippen molar-refractivity contribution in [2.24, 2.45) is 0 Å². The number of carbonyl (C=O) groups is 1. The Morgan fingerprint density at radius 3 is 2.88 bits per heavy atom. The highest BCUT2D eigenvalue weighted by Gasteiger charge is 1.99. The Kier molecular flexibility index (Phi) is 3.15. The molecule has 0 spiro atoms. The van der Waals surface area contributed by atoms with Crippen molar-refractivity contribution in [1.82, 2.24) is 4.98 Å². The molecule has 0 saturated carbocycles. The number of para-hydroxylation sites is 1. The van der Waals surface area contributed by atoms with Crippen LogP contribution in [0, 0.1) is 0 Å². The molecule has 1 aromatic heterocycles. The Labute approximate surface area is 94.1 Å².